The normalized spacial score (nSPS) is 9.56. The highest BCUT2D eigenvalue weighted by molar-refractivity contribution is 14.1. The lowest BCUT2D eigenvalue weighted by molar-refractivity contribution is 1.16. The second-order valence-electron chi connectivity index (χ2n) is 1.60. The van der Waals surface area contributed by atoms with Crippen LogP contribution in [0.1, 0.15) is 5.69 Å². The van der Waals surface area contributed by atoms with E-state index in [9.17, 15) is 0 Å². The highest BCUT2D eigenvalue weighted by Crippen LogP contribution is 2.04. The number of hydrogen-bond donors (Lipinski definition) is 0. The predicted molar refractivity (Wildman–Crippen MR) is 46.5 cm³/mol. The van der Waals surface area contributed by atoms with Crippen LogP contribution in [0.2, 0.25) is 0 Å². The molecule has 0 unspecified atom stereocenters. The molecule has 0 atom stereocenters. The van der Waals surface area contributed by atoms with E-state index in [1.807, 2.05) is 12.1 Å². The quantitative estimate of drug-likeness (QED) is 0.553. The maximum absolute atomic E-state index is 5.51. The van der Waals surface area contributed by atoms with E-state index in [0.29, 0.717) is 5.88 Å². The Bertz CT molecular complexity index is 185. The van der Waals surface area contributed by atoms with Crippen LogP contribution in [0.4, 0.5) is 0 Å². The molecule has 0 amide bonds. The molecule has 1 rings (SSSR count). The molecule has 48 valence electrons. The summed E-state index contributed by atoms with van der Waals surface area (Å²) in [5.74, 6) is 0.497. The molecule has 1 heterocycles. The summed E-state index contributed by atoms with van der Waals surface area (Å²) in [6, 6.07) is 3.92. The molecule has 0 fully saturated rings. The van der Waals surface area contributed by atoms with Gasteiger partial charge in [0.1, 0.15) is 0 Å². The lowest BCUT2D eigenvalue weighted by Crippen LogP contribution is -1.83. The number of aromatic nitrogens is 1. The molecule has 0 radical (unpaired) electrons. The minimum Gasteiger partial charge on any atom is -0.259 e. The molecule has 9 heavy (non-hydrogen) atoms. The monoisotopic (exact) mass is 253 g/mol. The summed E-state index contributed by atoms with van der Waals surface area (Å²) < 4.78 is 1.14. The molecule has 0 aromatic carbocycles. The van der Waals surface area contributed by atoms with Gasteiger partial charge in [0.05, 0.1) is 11.6 Å². The first-order valence-corrected chi connectivity index (χ1v) is 4.10. The van der Waals surface area contributed by atoms with Gasteiger partial charge < -0.3 is 0 Å². The molecule has 0 saturated heterocycles. The van der Waals surface area contributed by atoms with Gasteiger partial charge in [0, 0.05) is 9.77 Å². The number of alkyl halides is 1. The van der Waals surface area contributed by atoms with Gasteiger partial charge in [0.2, 0.25) is 0 Å². The van der Waals surface area contributed by atoms with Crippen molar-refractivity contribution in [1.29, 1.82) is 0 Å². The lowest BCUT2D eigenvalue weighted by Gasteiger charge is -1.91. The molecular formula is C6H5ClIN. The number of rotatable bonds is 1. The van der Waals surface area contributed by atoms with Gasteiger partial charge in [0.15, 0.2) is 0 Å². The van der Waals surface area contributed by atoms with Gasteiger partial charge in [-0.25, -0.2) is 0 Å². The van der Waals surface area contributed by atoms with Crippen LogP contribution in [-0.4, -0.2) is 4.98 Å². The fourth-order valence-corrected chi connectivity index (χ4v) is 0.963. The van der Waals surface area contributed by atoms with E-state index >= 15 is 0 Å². The lowest BCUT2D eigenvalue weighted by atomic mass is 10.4. The number of halogens is 2. The van der Waals surface area contributed by atoms with Crippen molar-refractivity contribution >= 4 is 34.2 Å². The fraction of sp³-hybridized carbons (Fsp3) is 0.167. The molecule has 0 aliphatic rings. The van der Waals surface area contributed by atoms with Crippen LogP contribution in [0.25, 0.3) is 0 Å². The minimum atomic E-state index is 0.497. The Morgan fingerprint density at radius 2 is 2.33 bits per heavy atom. The SMILES string of the molecule is ClCc1ccc(I)cn1. The van der Waals surface area contributed by atoms with Crippen LogP contribution in [-0.2, 0) is 5.88 Å². The maximum atomic E-state index is 5.51. The third kappa shape index (κ3) is 2.10. The summed E-state index contributed by atoms with van der Waals surface area (Å²) in [5.41, 5.74) is 0.928. The van der Waals surface area contributed by atoms with Gasteiger partial charge in [-0.1, -0.05) is 0 Å². The summed E-state index contributed by atoms with van der Waals surface area (Å²) in [6.45, 7) is 0. The Balaban J connectivity index is 2.88. The van der Waals surface area contributed by atoms with E-state index in [1.165, 1.54) is 0 Å². The van der Waals surface area contributed by atoms with Crippen LogP contribution in [0, 0.1) is 3.57 Å². The van der Waals surface area contributed by atoms with Crippen LogP contribution < -0.4 is 0 Å². The zero-order valence-electron chi connectivity index (χ0n) is 4.64. The smallest absolute Gasteiger partial charge is 0.0647 e. The molecule has 1 nitrogen and oxygen atoms in total. The molecule has 0 aliphatic carbocycles. The fourth-order valence-electron chi connectivity index (χ4n) is 0.485. The largest absolute Gasteiger partial charge is 0.259 e. The molecular weight excluding hydrogens is 248 g/mol. The third-order valence-corrected chi connectivity index (χ3v) is 1.84. The standard InChI is InChI=1S/C6H5ClIN/c7-3-6-2-1-5(8)4-9-6/h1-2,4H,3H2. The number of pyridine rings is 1. The van der Waals surface area contributed by atoms with Crippen LogP contribution in [0.15, 0.2) is 18.3 Å². The second-order valence-corrected chi connectivity index (χ2v) is 3.11. The van der Waals surface area contributed by atoms with E-state index in [0.717, 1.165) is 9.26 Å². The van der Waals surface area contributed by atoms with Gasteiger partial charge in [-0.2, -0.15) is 0 Å². The summed E-state index contributed by atoms with van der Waals surface area (Å²) in [5, 5.41) is 0. The van der Waals surface area contributed by atoms with Gasteiger partial charge in [-0.05, 0) is 34.7 Å². The molecule has 0 spiro atoms. The van der Waals surface area contributed by atoms with Gasteiger partial charge >= 0.3 is 0 Å². The van der Waals surface area contributed by atoms with Crippen molar-refractivity contribution in [1.82, 2.24) is 4.98 Å². The molecule has 0 N–H and O–H groups in total. The highest BCUT2D eigenvalue weighted by Gasteiger charge is 1.88. The molecule has 0 aliphatic heterocycles. The first-order valence-electron chi connectivity index (χ1n) is 2.49. The Hall–Kier alpha value is 0.170. The molecule has 0 saturated carbocycles. The Morgan fingerprint density at radius 3 is 2.78 bits per heavy atom. The van der Waals surface area contributed by atoms with Gasteiger partial charge in [-0.3, -0.25) is 4.98 Å². The van der Waals surface area contributed by atoms with Crippen LogP contribution >= 0.6 is 34.2 Å². The topological polar surface area (TPSA) is 12.9 Å². The van der Waals surface area contributed by atoms with Gasteiger partial charge in [-0.15, -0.1) is 11.6 Å². The van der Waals surface area contributed by atoms with E-state index < -0.39 is 0 Å². The molecule has 1 aromatic rings. The van der Waals surface area contributed by atoms with E-state index in [1.54, 1.807) is 6.20 Å². The molecule has 3 heteroatoms. The average Bonchev–Trinajstić information content (AvgIpc) is 1.90. The zero-order valence-corrected chi connectivity index (χ0v) is 7.56. The minimum absolute atomic E-state index is 0.497. The highest BCUT2D eigenvalue weighted by atomic mass is 127. The Labute approximate surface area is 72.6 Å². The van der Waals surface area contributed by atoms with Gasteiger partial charge in [0.25, 0.3) is 0 Å². The Kier molecular flexibility index (Phi) is 2.72. The molecule has 0 bridgehead atoms. The van der Waals surface area contributed by atoms with E-state index in [4.69, 9.17) is 11.6 Å². The van der Waals surface area contributed by atoms with E-state index in [-0.39, 0.29) is 0 Å². The maximum Gasteiger partial charge on any atom is 0.0647 e. The first kappa shape index (κ1) is 7.28. The number of nitrogens with zero attached hydrogens (tertiary/aromatic N) is 1. The second kappa shape index (κ2) is 3.37. The van der Waals surface area contributed by atoms with Crippen molar-refractivity contribution in [3.05, 3.63) is 27.6 Å². The third-order valence-electron chi connectivity index (χ3n) is 0.926. The van der Waals surface area contributed by atoms with Crippen LogP contribution in [0.3, 0.4) is 0 Å². The Morgan fingerprint density at radius 1 is 1.56 bits per heavy atom. The average molecular weight is 253 g/mol. The van der Waals surface area contributed by atoms with Crippen molar-refractivity contribution in [3.8, 4) is 0 Å². The van der Waals surface area contributed by atoms with Crippen molar-refractivity contribution < 1.29 is 0 Å². The predicted octanol–water partition coefficient (Wildman–Crippen LogP) is 2.43. The first-order chi connectivity index (χ1) is 4.33. The van der Waals surface area contributed by atoms with Crippen molar-refractivity contribution in [2.45, 2.75) is 5.88 Å². The van der Waals surface area contributed by atoms with Crippen molar-refractivity contribution in [2.75, 3.05) is 0 Å². The summed E-state index contributed by atoms with van der Waals surface area (Å²) >= 11 is 7.72. The van der Waals surface area contributed by atoms with Crippen molar-refractivity contribution in [3.63, 3.8) is 0 Å². The van der Waals surface area contributed by atoms with E-state index in [2.05, 4.69) is 27.6 Å². The molecule has 1 aromatic heterocycles. The number of hydrogen-bond acceptors (Lipinski definition) is 1. The van der Waals surface area contributed by atoms with Crippen molar-refractivity contribution in [2.24, 2.45) is 0 Å². The van der Waals surface area contributed by atoms with Crippen LogP contribution in [0.5, 0.6) is 0 Å². The summed E-state index contributed by atoms with van der Waals surface area (Å²) in [6.07, 6.45) is 1.80. The zero-order chi connectivity index (χ0) is 6.69. The summed E-state index contributed by atoms with van der Waals surface area (Å²) in [7, 11) is 0. The summed E-state index contributed by atoms with van der Waals surface area (Å²) in [4.78, 5) is 4.06.